The van der Waals surface area contributed by atoms with Crippen LogP contribution >= 0.6 is 11.9 Å². The third kappa shape index (κ3) is 4.14. The molecule has 0 aromatic rings. The van der Waals surface area contributed by atoms with Crippen molar-refractivity contribution in [1.82, 2.24) is 10.3 Å². The average Bonchev–Trinajstić information content (AvgIpc) is 2.01. The molecule has 1 fully saturated rings. The second-order valence-electron chi connectivity index (χ2n) is 2.59. The van der Waals surface area contributed by atoms with Crippen LogP contribution in [-0.2, 0) is 0 Å². The molecule has 0 aromatic carbocycles. The molecule has 1 heterocycles. The Morgan fingerprint density at radius 3 is 2.80 bits per heavy atom. The molecule has 3 heteroatoms. The monoisotopic (exact) mass is 159 g/mol. The van der Waals surface area contributed by atoms with Gasteiger partial charge < -0.3 is 0 Å². The van der Waals surface area contributed by atoms with Gasteiger partial charge in [0, 0.05) is 12.3 Å². The minimum Gasteiger partial charge on any atom is -0.183 e. The van der Waals surface area contributed by atoms with E-state index in [-0.39, 0.29) is 0 Å². The first-order valence-corrected chi connectivity index (χ1v) is 5.02. The summed E-state index contributed by atoms with van der Waals surface area (Å²) in [6.07, 6.45) is 6.75. The fraction of sp³-hybridized carbons (Fsp3) is 1.00. The number of rotatable bonds is 0. The Kier molecular flexibility index (Phi) is 5.03. The Morgan fingerprint density at radius 1 is 1.00 bits per heavy atom. The van der Waals surface area contributed by atoms with Gasteiger partial charge >= 0.3 is 0 Å². The van der Waals surface area contributed by atoms with Crippen molar-refractivity contribution >= 4 is 11.9 Å². The van der Waals surface area contributed by atoms with E-state index in [1.807, 2.05) is 0 Å². The third-order valence-corrected chi connectivity index (χ3v) is 2.40. The van der Waals surface area contributed by atoms with Gasteiger partial charge in [0.25, 0.3) is 0 Å². The molecule has 0 spiro atoms. The molecule has 10 heavy (non-hydrogen) atoms. The van der Waals surface area contributed by atoms with Crippen molar-refractivity contribution in [3.63, 3.8) is 0 Å². The normalized spacial score (nSPS) is 24.0. The molecule has 0 saturated carbocycles. The SMILES string of the molecule is C1CCC[N]NSCCC1. The number of nitrogens with one attached hydrogen (secondary N) is 1. The van der Waals surface area contributed by atoms with Gasteiger partial charge in [-0.15, -0.1) is 0 Å². The summed E-state index contributed by atoms with van der Waals surface area (Å²) in [6.45, 7) is 0.993. The van der Waals surface area contributed by atoms with E-state index >= 15 is 0 Å². The highest BCUT2D eigenvalue weighted by molar-refractivity contribution is 7.97. The van der Waals surface area contributed by atoms with Crippen LogP contribution in [-0.4, -0.2) is 12.3 Å². The average molecular weight is 159 g/mol. The second kappa shape index (κ2) is 6.01. The first-order valence-electron chi connectivity index (χ1n) is 4.03. The molecule has 0 unspecified atom stereocenters. The lowest BCUT2D eigenvalue weighted by molar-refractivity contribution is 0.564. The van der Waals surface area contributed by atoms with E-state index in [1.165, 1.54) is 37.9 Å². The van der Waals surface area contributed by atoms with E-state index in [1.54, 1.807) is 11.9 Å². The summed E-state index contributed by atoms with van der Waals surface area (Å²) in [6, 6.07) is 0. The Labute approximate surface area is 67.3 Å². The highest BCUT2D eigenvalue weighted by atomic mass is 32.2. The number of nitrogens with zero attached hydrogens (tertiary/aromatic N) is 1. The predicted molar refractivity (Wildman–Crippen MR) is 45.7 cm³/mol. The molecule has 0 aliphatic carbocycles. The van der Waals surface area contributed by atoms with Gasteiger partial charge in [0.05, 0.1) is 0 Å². The Bertz CT molecular complexity index is 44.8. The fourth-order valence-electron chi connectivity index (χ4n) is 1.03. The van der Waals surface area contributed by atoms with Gasteiger partial charge in [-0.3, -0.25) is 0 Å². The molecule has 1 N–H and O–H groups in total. The van der Waals surface area contributed by atoms with Crippen LogP contribution in [0.25, 0.3) is 0 Å². The molecule has 59 valence electrons. The van der Waals surface area contributed by atoms with Crippen molar-refractivity contribution in [3.05, 3.63) is 0 Å². The van der Waals surface area contributed by atoms with Gasteiger partial charge in [-0.05, 0) is 12.8 Å². The van der Waals surface area contributed by atoms with Crippen molar-refractivity contribution in [1.29, 1.82) is 0 Å². The van der Waals surface area contributed by atoms with Crippen LogP contribution < -0.4 is 10.3 Å². The van der Waals surface area contributed by atoms with Crippen molar-refractivity contribution < 1.29 is 0 Å². The smallest absolute Gasteiger partial charge is 0.0313 e. The van der Waals surface area contributed by atoms with E-state index in [9.17, 15) is 0 Å². The van der Waals surface area contributed by atoms with Crippen LogP contribution in [0.15, 0.2) is 0 Å². The van der Waals surface area contributed by atoms with Crippen LogP contribution in [0, 0.1) is 0 Å². The molecule has 1 saturated heterocycles. The van der Waals surface area contributed by atoms with Gasteiger partial charge in [0.1, 0.15) is 0 Å². The molecule has 1 radical (unpaired) electrons. The number of hydrogen-bond donors (Lipinski definition) is 1. The van der Waals surface area contributed by atoms with E-state index in [2.05, 4.69) is 10.3 Å². The molecule has 0 amide bonds. The van der Waals surface area contributed by atoms with Crippen molar-refractivity contribution in [2.24, 2.45) is 0 Å². The van der Waals surface area contributed by atoms with Crippen LogP contribution in [0.5, 0.6) is 0 Å². The minimum absolute atomic E-state index is 0.993. The van der Waals surface area contributed by atoms with Gasteiger partial charge in [0.2, 0.25) is 0 Å². The van der Waals surface area contributed by atoms with Crippen LogP contribution in [0.4, 0.5) is 0 Å². The van der Waals surface area contributed by atoms with Crippen LogP contribution in [0.1, 0.15) is 32.1 Å². The topological polar surface area (TPSA) is 26.1 Å². The van der Waals surface area contributed by atoms with Gasteiger partial charge in [-0.25, -0.2) is 0 Å². The maximum Gasteiger partial charge on any atom is 0.0313 e. The van der Waals surface area contributed by atoms with E-state index in [0.29, 0.717) is 0 Å². The molecule has 2 nitrogen and oxygen atoms in total. The molecular weight excluding hydrogens is 144 g/mol. The van der Waals surface area contributed by atoms with Crippen molar-refractivity contribution in [2.75, 3.05) is 12.3 Å². The first-order chi connectivity index (χ1) is 5.00. The standard InChI is InChI=1S/C7H15N2S/c1-2-4-6-8-9-10-7-5-3-1/h9H,1-7H2. The van der Waals surface area contributed by atoms with E-state index in [4.69, 9.17) is 0 Å². The summed E-state index contributed by atoms with van der Waals surface area (Å²) in [4.78, 5) is 3.00. The van der Waals surface area contributed by atoms with Crippen LogP contribution in [0.3, 0.4) is 0 Å². The largest absolute Gasteiger partial charge is 0.183 e. The maximum atomic E-state index is 4.15. The zero-order valence-electron chi connectivity index (χ0n) is 6.31. The van der Waals surface area contributed by atoms with Crippen molar-refractivity contribution in [3.8, 4) is 0 Å². The second-order valence-corrected chi connectivity index (χ2v) is 3.47. The van der Waals surface area contributed by atoms with Gasteiger partial charge in [-0.1, -0.05) is 31.2 Å². The zero-order chi connectivity index (χ0) is 7.07. The summed E-state index contributed by atoms with van der Waals surface area (Å²) in [5, 5.41) is 0. The lowest BCUT2D eigenvalue weighted by atomic mass is 10.1. The van der Waals surface area contributed by atoms with Crippen LogP contribution in [0.2, 0.25) is 0 Å². The van der Waals surface area contributed by atoms with E-state index < -0.39 is 0 Å². The Balaban J connectivity index is 2.00. The van der Waals surface area contributed by atoms with E-state index in [0.717, 1.165) is 6.54 Å². The lowest BCUT2D eigenvalue weighted by Gasteiger charge is -2.06. The molecule has 0 atom stereocenters. The molecule has 0 bridgehead atoms. The lowest BCUT2D eigenvalue weighted by Crippen LogP contribution is -2.19. The zero-order valence-corrected chi connectivity index (χ0v) is 7.12. The predicted octanol–water partition coefficient (Wildman–Crippen LogP) is 1.71. The summed E-state index contributed by atoms with van der Waals surface area (Å²) >= 11 is 1.74. The molecule has 0 aromatic heterocycles. The Hall–Kier alpha value is 0.270. The third-order valence-electron chi connectivity index (χ3n) is 1.65. The number of hydrogen-bond acceptors (Lipinski definition) is 2. The fourth-order valence-corrected chi connectivity index (χ4v) is 1.65. The summed E-state index contributed by atoms with van der Waals surface area (Å²) in [5.74, 6) is 1.21. The molecule has 1 aliphatic rings. The summed E-state index contributed by atoms with van der Waals surface area (Å²) in [7, 11) is 0. The highest BCUT2D eigenvalue weighted by Gasteiger charge is 1.95. The molecule has 1 aliphatic heterocycles. The summed E-state index contributed by atoms with van der Waals surface area (Å²) in [5.41, 5.74) is 4.15. The first kappa shape index (κ1) is 8.37. The quantitative estimate of drug-likeness (QED) is 0.544. The highest BCUT2D eigenvalue weighted by Crippen LogP contribution is 2.07. The van der Waals surface area contributed by atoms with Gasteiger partial charge in [-0.2, -0.15) is 10.3 Å². The summed E-state index contributed by atoms with van der Waals surface area (Å²) < 4.78 is 0. The van der Waals surface area contributed by atoms with Gasteiger partial charge in [0.15, 0.2) is 0 Å². The molecule has 1 rings (SSSR count). The maximum absolute atomic E-state index is 4.15. The Morgan fingerprint density at radius 2 is 1.80 bits per heavy atom. The van der Waals surface area contributed by atoms with Crippen molar-refractivity contribution in [2.45, 2.75) is 32.1 Å². The minimum atomic E-state index is 0.993. The molecular formula is C7H15N2S.